The number of rotatable bonds is 7. The number of ether oxygens (including phenoxy) is 4. The van der Waals surface area contributed by atoms with Crippen molar-refractivity contribution in [2.75, 3.05) is 32.9 Å². The van der Waals surface area contributed by atoms with Gasteiger partial charge in [0.2, 0.25) is 17.7 Å². The molecule has 1 fully saturated rings. The molecule has 1 N–H and O–H groups in total. The zero-order chi connectivity index (χ0) is 24.4. The van der Waals surface area contributed by atoms with Crippen LogP contribution in [0, 0.1) is 0 Å². The van der Waals surface area contributed by atoms with Crippen LogP contribution in [0.5, 0.6) is 23.0 Å². The van der Waals surface area contributed by atoms with Gasteiger partial charge >= 0.3 is 0 Å². The van der Waals surface area contributed by atoms with Crippen molar-refractivity contribution >= 4 is 28.8 Å². The summed E-state index contributed by atoms with van der Waals surface area (Å²) in [7, 11) is 3.14. The lowest BCUT2D eigenvalue weighted by Crippen LogP contribution is -2.31. The molecule has 3 aromatic rings. The van der Waals surface area contributed by atoms with E-state index in [1.807, 2.05) is 17.0 Å². The Hall–Kier alpha value is -3.86. The average molecular weight is 497 g/mol. The van der Waals surface area contributed by atoms with Crippen LogP contribution in [0.25, 0.3) is 0 Å². The molecule has 0 spiro atoms. The van der Waals surface area contributed by atoms with Gasteiger partial charge < -0.3 is 29.2 Å². The minimum absolute atomic E-state index is 0.0127. The van der Waals surface area contributed by atoms with Crippen molar-refractivity contribution in [3.63, 3.8) is 0 Å². The second-order valence-corrected chi connectivity index (χ2v) is 9.09. The molecule has 0 saturated carbocycles. The Kier molecular flexibility index (Phi) is 6.41. The molecule has 1 unspecified atom stereocenters. The summed E-state index contributed by atoms with van der Waals surface area (Å²) < 4.78 is 21.3. The first kappa shape index (κ1) is 22.9. The number of carbonyl (C=O) groups excluding carboxylic acids is 2. The van der Waals surface area contributed by atoms with Crippen molar-refractivity contribution in [1.29, 1.82) is 0 Å². The second kappa shape index (κ2) is 9.79. The van der Waals surface area contributed by atoms with Crippen molar-refractivity contribution < 1.29 is 28.5 Å². The van der Waals surface area contributed by atoms with E-state index in [4.69, 9.17) is 18.9 Å². The molecule has 2 aromatic carbocycles. The number of amides is 2. The second-order valence-electron chi connectivity index (χ2n) is 8.08. The predicted molar refractivity (Wildman–Crippen MR) is 127 cm³/mol. The van der Waals surface area contributed by atoms with E-state index in [0.717, 1.165) is 18.4 Å². The van der Waals surface area contributed by atoms with E-state index in [2.05, 4.69) is 15.5 Å². The van der Waals surface area contributed by atoms with E-state index in [-0.39, 0.29) is 36.1 Å². The number of fused-ring (bicyclic) bond motifs is 1. The van der Waals surface area contributed by atoms with Gasteiger partial charge in [-0.15, -0.1) is 10.2 Å². The zero-order valence-electron chi connectivity index (χ0n) is 19.3. The van der Waals surface area contributed by atoms with E-state index >= 15 is 0 Å². The first-order valence-electron chi connectivity index (χ1n) is 11.1. The number of carbonyl (C=O) groups is 2. The van der Waals surface area contributed by atoms with Gasteiger partial charge in [-0.25, -0.2) is 0 Å². The van der Waals surface area contributed by atoms with Crippen LogP contribution in [0.2, 0.25) is 0 Å². The van der Waals surface area contributed by atoms with Crippen molar-refractivity contribution in [2.24, 2.45) is 0 Å². The fraction of sp³-hybridized carbons (Fsp3) is 0.333. The normalized spacial score (nSPS) is 16.3. The SMILES string of the molecule is COc1ccc(CC(=O)N2CCCC2c2nnc(C(=O)Nc3ccc4c(c3)OCO4)s2)cc1OC. The van der Waals surface area contributed by atoms with Crippen LogP contribution in [-0.2, 0) is 11.2 Å². The van der Waals surface area contributed by atoms with Crippen LogP contribution in [-0.4, -0.2) is 54.5 Å². The van der Waals surface area contributed by atoms with Crippen molar-refractivity contribution in [3.8, 4) is 23.0 Å². The highest BCUT2D eigenvalue weighted by molar-refractivity contribution is 7.13. The standard InChI is InChI=1S/C24H24N4O6S/c1-31-17-7-5-14(10-19(17)32-2)11-21(29)28-9-3-4-16(28)23-26-27-24(35-23)22(30)25-15-6-8-18-20(12-15)34-13-33-18/h5-8,10,12,16H,3-4,9,11,13H2,1-2H3,(H,25,30). The van der Waals surface area contributed by atoms with Crippen LogP contribution in [0.4, 0.5) is 5.69 Å². The molecule has 182 valence electrons. The van der Waals surface area contributed by atoms with Crippen LogP contribution in [0.3, 0.4) is 0 Å². The lowest BCUT2D eigenvalue weighted by atomic mass is 10.1. The first-order chi connectivity index (χ1) is 17.1. The van der Waals surface area contributed by atoms with Crippen molar-refractivity contribution in [3.05, 3.63) is 52.0 Å². The van der Waals surface area contributed by atoms with E-state index in [1.165, 1.54) is 11.3 Å². The minimum Gasteiger partial charge on any atom is -0.493 e. The lowest BCUT2D eigenvalue weighted by Gasteiger charge is -2.23. The fourth-order valence-electron chi connectivity index (χ4n) is 4.21. The number of aromatic nitrogens is 2. The summed E-state index contributed by atoms with van der Waals surface area (Å²) in [4.78, 5) is 27.7. The molecule has 0 aliphatic carbocycles. The molecule has 2 amide bonds. The Morgan fingerprint density at radius 2 is 1.91 bits per heavy atom. The van der Waals surface area contributed by atoms with Gasteiger partial charge in [0.25, 0.3) is 5.91 Å². The molecule has 2 aliphatic heterocycles. The van der Waals surface area contributed by atoms with Crippen LogP contribution in [0.15, 0.2) is 36.4 Å². The van der Waals surface area contributed by atoms with E-state index < -0.39 is 0 Å². The number of methoxy groups -OCH3 is 2. The number of nitrogens with zero attached hydrogens (tertiary/aromatic N) is 3. The lowest BCUT2D eigenvalue weighted by molar-refractivity contribution is -0.131. The van der Waals surface area contributed by atoms with Crippen LogP contribution >= 0.6 is 11.3 Å². The quantitative estimate of drug-likeness (QED) is 0.529. The largest absolute Gasteiger partial charge is 0.493 e. The Bertz CT molecular complexity index is 1260. The first-order valence-corrected chi connectivity index (χ1v) is 11.9. The number of nitrogens with one attached hydrogen (secondary N) is 1. The van der Waals surface area contributed by atoms with Gasteiger partial charge in [-0.1, -0.05) is 17.4 Å². The van der Waals surface area contributed by atoms with E-state index in [9.17, 15) is 9.59 Å². The van der Waals surface area contributed by atoms with Gasteiger partial charge in [0, 0.05) is 18.3 Å². The third kappa shape index (κ3) is 4.72. The summed E-state index contributed by atoms with van der Waals surface area (Å²) in [6, 6.07) is 10.4. The van der Waals surface area contributed by atoms with Gasteiger partial charge in [0.1, 0.15) is 5.01 Å². The highest BCUT2D eigenvalue weighted by Crippen LogP contribution is 2.36. The Morgan fingerprint density at radius 3 is 2.74 bits per heavy atom. The maximum Gasteiger partial charge on any atom is 0.286 e. The summed E-state index contributed by atoms with van der Waals surface area (Å²) >= 11 is 1.20. The molecule has 5 rings (SSSR count). The highest BCUT2D eigenvalue weighted by atomic mass is 32.1. The van der Waals surface area contributed by atoms with E-state index in [1.54, 1.807) is 38.5 Å². The molecule has 35 heavy (non-hydrogen) atoms. The highest BCUT2D eigenvalue weighted by Gasteiger charge is 2.33. The number of benzene rings is 2. The molecule has 0 bridgehead atoms. The molecule has 1 atom stereocenters. The molecule has 3 heterocycles. The summed E-state index contributed by atoms with van der Waals surface area (Å²) in [5.74, 6) is 2.03. The van der Waals surface area contributed by atoms with Gasteiger partial charge in [0.15, 0.2) is 23.0 Å². The van der Waals surface area contributed by atoms with Crippen LogP contribution < -0.4 is 24.3 Å². The maximum absolute atomic E-state index is 13.1. The average Bonchev–Trinajstić information content (AvgIpc) is 3.63. The summed E-state index contributed by atoms with van der Waals surface area (Å²) in [6.45, 7) is 0.796. The Balaban J connectivity index is 1.26. The molecule has 2 aliphatic rings. The minimum atomic E-state index is -0.367. The number of hydrogen-bond donors (Lipinski definition) is 1. The van der Waals surface area contributed by atoms with Crippen molar-refractivity contribution in [1.82, 2.24) is 15.1 Å². The van der Waals surface area contributed by atoms with Gasteiger partial charge in [-0.3, -0.25) is 9.59 Å². The van der Waals surface area contributed by atoms with Crippen molar-refractivity contribution in [2.45, 2.75) is 25.3 Å². The van der Waals surface area contributed by atoms with E-state index in [0.29, 0.717) is 40.2 Å². The van der Waals surface area contributed by atoms with Gasteiger partial charge in [-0.2, -0.15) is 0 Å². The molecular weight excluding hydrogens is 472 g/mol. The van der Waals surface area contributed by atoms with Gasteiger partial charge in [-0.05, 0) is 42.7 Å². The molecule has 0 radical (unpaired) electrons. The molecule has 1 saturated heterocycles. The third-order valence-corrected chi connectivity index (χ3v) is 6.95. The number of hydrogen-bond acceptors (Lipinski definition) is 9. The molecule has 1 aromatic heterocycles. The summed E-state index contributed by atoms with van der Waals surface area (Å²) in [5.41, 5.74) is 1.41. The van der Waals surface area contributed by atoms with Crippen LogP contribution in [0.1, 0.15) is 39.3 Å². The third-order valence-electron chi connectivity index (χ3n) is 5.93. The Labute approximate surface area is 205 Å². The Morgan fingerprint density at radius 1 is 1.09 bits per heavy atom. The predicted octanol–water partition coefficient (Wildman–Crippen LogP) is 3.44. The summed E-state index contributed by atoms with van der Waals surface area (Å²) in [5, 5.41) is 12.0. The zero-order valence-corrected chi connectivity index (χ0v) is 20.1. The molecule has 11 heteroatoms. The monoisotopic (exact) mass is 496 g/mol. The smallest absolute Gasteiger partial charge is 0.286 e. The maximum atomic E-state index is 13.1. The molecule has 10 nitrogen and oxygen atoms in total. The topological polar surface area (TPSA) is 112 Å². The van der Waals surface area contributed by atoms with Gasteiger partial charge in [0.05, 0.1) is 26.7 Å². The fourth-order valence-corrected chi connectivity index (χ4v) is 5.09. The number of likely N-dealkylation sites (tertiary alicyclic amines) is 1. The summed E-state index contributed by atoms with van der Waals surface area (Å²) in [6.07, 6.45) is 1.86. The molecular formula is C24H24N4O6S. The number of anilines is 1.